The van der Waals surface area contributed by atoms with Gasteiger partial charge < -0.3 is 20.3 Å². The van der Waals surface area contributed by atoms with E-state index < -0.39 is 11.8 Å². The van der Waals surface area contributed by atoms with Crippen LogP contribution in [-0.4, -0.2) is 52.5 Å². The van der Waals surface area contributed by atoms with Crippen molar-refractivity contribution < 1.29 is 19.1 Å². The zero-order chi connectivity index (χ0) is 34.2. The first kappa shape index (κ1) is 34.4. The molecule has 13 heteroatoms. The van der Waals surface area contributed by atoms with Crippen molar-refractivity contribution in [1.82, 2.24) is 20.3 Å². The van der Waals surface area contributed by atoms with Crippen LogP contribution in [0, 0.1) is 6.92 Å². The Morgan fingerprint density at radius 2 is 1.83 bits per heavy atom. The first-order valence-electron chi connectivity index (χ1n) is 14.6. The predicted octanol–water partition coefficient (Wildman–Crippen LogP) is 6.99. The molecule has 3 aromatic heterocycles. The van der Waals surface area contributed by atoms with Gasteiger partial charge in [-0.25, -0.2) is 15.0 Å². The van der Waals surface area contributed by atoms with E-state index in [1.54, 1.807) is 55.7 Å². The van der Waals surface area contributed by atoms with Gasteiger partial charge in [-0.15, -0.1) is 11.8 Å². The van der Waals surface area contributed by atoms with E-state index in [0.29, 0.717) is 44.0 Å². The van der Waals surface area contributed by atoms with E-state index in [-0.39, 0.29) is 24.1 Å². The van der Waals surface area contributed by atoms with Crippen molar-refractivity contribution in [2.75, 3.05) is 30.1 Å². The molecule has 0 unspecified atom stereocenters. The summed E-state index contributed by atoms with van der Waals surface area (Å²) in [6, 6.07) is 19.5. The highest BCUT2D eigenvalue weighted by Gasteiger charge is 2.19. The number of thioether (sulfide) groups is 1. The molecule has 0 bridgehead atoms. The van der Waals surface area contributed by atoms with Crippen molar-refractivity contribution in [3.8, 4) is 5.75 Å². The number of fused-ring (bicyclic) bond motifs is 1. The summed E-state index contributed by atoms with van der Waals surface area (Å²) in [6.07, 6.45) is 7.82. The average Bonchev–Trinajstić information content (AvgIpc) is 3.10. The third-order valence-electron chi connectivity index (χ3n) is 7.17. The Balaban J connectivity index is 1.16. The Labute approximate surface area is 291 Å². The normalized spacial score (nSPS) is 11.0. The van der Waals surface area contributed by atoms with Gasteiger partial charge in [-0.3, -0.25) is 14.4 Å². The van der Waals surface area contributed by atoms with Crippen LogP contribution in [0.3, 0.4) is 0 Å². The highest BCUT2D eigenvalue weighted by atomic mass is 35.5. The second-order valence-corrected chi connectivity index (χ2v) is 12.0. The molecule has 0 aliphatic heterocycles. The molecule has 5 rings (SSSR count). The van der Waals surface area contributed by atoms with Crippen LogP contribution < -0.4 is 20.3 Å². The lowest BCUT2D eigenvalue weighted by atomic mass is 10.1. The topological polar surface area (TPSA) is 126 Å². The van der Waals surface area contributed by atoms with Gasteiger partial charge in [0.2, 0.25) is 11.8 Å². The van der Waals surface area contributed by atoms with Crippen LogP contribution in [0.4, 0.5) is 11.5 Å². The molecule has 0 aliphatic carbocycles. The zero-order valence-electron chi connectivity index (χ0n) is 26.2. The minimum absolute atomic E-state index is 0.0511. The van der Waals surface area contributed by atoms with Crippen LogP contribution in [0.1, 0.15) is 27.2 Å². The van der Waals surface area contributed by atoms with Gasteiger partial charge in [-0.1, -0.05) is 41.4 Å². The summed E-state index contributed by atoms with van der Waals surface area (Å²) >= 11 is 14.6. The maximum atomic E-state index is 13.0. The predicted molar refractivity (Wildman–Crippen MR) is 191 cm³/mol. The lowest BCUT2D eigenvalue weighted by Crippen LogP contribution is -2.37. The number of amides is 3. The molecule has 48 heavy (non-hydrogen) atoms. The van der Waals surface area contributed by atoms with E-state index in [2.05, 4.69) is 25.6 Å². The van der Waals surface area contributed by atoms with Crippen LogP contribution in [0.15, 0.2) is 90.2 Å². The minimum Gasteiger partial charge on any atom is -0.487 e. The van der Waals surface area contributed by atoms with Crippen LogP contribution >= 0.6 is 35.0 Å². The van der Waals surface area contributed by atoms with Gasteiger partial charge >= 0.3 is 0 Å². The monoisotopic (exact) mass is 700 g/mol. The fourth-order valence-electron chi connectivity index (χ4n) is 4.59. The molecule has 2 N–H and O–H groups in total. The number of carbonyl (C=O) groups is 3. The van der Waals surface area contributed by atoms with Gasteiger partial charge in [0.1, 0.15) is 28.7 Å². The molecule has 2 aromatic carbocycles. The van der Waals surface area contributed by atoms with Crippen molar-refractivity contribution in [2.24, 2.45) is 0 Å². The third-order valence-corrected chi connectivity index (χ3v) is 8.66. The number of para-hydroxylation sites is 1. The summed E-state index contributed by atoms with van der Waals surface area (Å²) in [4.78, 5) is 52.5. The highest BCUT2D eigenvalue weighted by molar-refractivity contribution is 7.98. The molecule has 5 aromatic rings. The molecule has 0 aliphatic rings. The number of hydrogen-bond acceptors (Lipinski definition) is 8. The number of rotatable bonds is 11. The van der Waals surface area contributed by atoms with Crippen molar-refractivity contribution in [3.05, 3.63) is 118 Å². The number of ether oxygens (including phenoxy) is 1. The third kappa shape index (κ3) is 8.29. The summed E-state index contributed by atoms with van der Waals surface area (Å²) in [5.41, 5.74) is 3.57. The first-order chi connectivity index (χ1) is 23.1. The van der Waals surface area contributed by atoms with E-state index >= 15 is 0 Å². The number of anilines is 2. The number of halogens is 2. The largest absolute Gasteiger partial charge is 0.487 e. The molecule has 0 atom stereocenters. The van der Waals surface area contributed by atoms with Gasteiger partial charge in [0.05, 0.1) is 22.8 Å². The lowest BCUT2D eigenvalue weighted by molar-refractivity contribution is -0.122. The summed E-state index contributed by atoms with van der Waals surface area (Å²) in [5.74, 6) is -0.275. The quantitative estimate of drug-likeness (QED) is 0.112. The van der Waals surface area contributed by atoms with E-state index in [9.17, 15) is 14.4 Å². The van der Waals surface area contributed by atoms with E-state index in [1.807, 2.05) is 43.5 Å². The molecule has 3 heterocycles. The number of aromatic nitrogens is 3. The Hall–Kier alpha value is -4.97. The molecular formula is C35H30Cl2N6O4S. The second kappa shape index (κ2) is 15.7. The standard InChI is InChI=1S/C35H30Cl2N6O4S/c1-21-9-12-23-6-4-8-28(33(23)41-21)47-20-25-26(36)13-14-27(32(25)37)43(2)31(45)19-40-30(44)16-11-22-10-15-29(39-18-22)42-34(46)24-7-5-17-38-35(24)48-3/h4-18H,19-20H2,1-3H3,(H,40,44)(H,39,42,46). The number of nitrogens with one attached hydrogen (secondary N) is 2. The fraction of sp³-hybridized carbons (Fsp3) is 0.143. The SMILES string of the molecule is CSc1ncccc1C(=O)Nc1ccc(C=CC(=O)NCC(=O)N(C)c2ccc(Cl)c(COc3cccc4ccc(C)nc34)c2Cl)cn1. The number of likely N-dealkylation sites (N-methyl/N-ethyl adjacent to an activating group) is 1. The van der Waals surface area contributed by atoms with E-state index in [0.717, 1.165) is 16.6 Å². The Morgan fingerprint density at radius 3 is 2.60 bits per heavy atom. The fourth-order valence-corrected chi connectivity index (χ4v) is 5.75. The van der Waals surface area contributed by atoms with Crippen LogP contribution in [-0.2, 0) is 16.2 Å². The maximum absolute atomic E-state index is 13.0. The van der Waals surface area contributed by atoms with Gasteiger partial charge in [-0.05, 0) is 73.3 Å². The highest BCUT2D eigenvalue weighted by Crippen LogP contribution is 2.35. The number of aryl methyl sites for hydroxylation is 1. The summed E-state index contributed by atoms with van der Waals surface area (Å²) in [6.45, 7) is 1.68. The molecule has 3 amide bonds. The van der Waals surface area contributed by atoms with Crippen LogP contribution in [0.25, 0.3) is 17.0 Å². The maximum Gasteiger partial charge on any atom is 0.259 e. The number of pyridine rings is 3. The Morgan fingerprint density at radius 1 is 1.00 bits per heavy atom. The van der Waals surface area contributed by atoms with Crippen molar-refractivity contribution in [1.29, 1.82) is 0 Å². The van der Waals surface area contributed by atoms with Crippen molar-refractivity contribution >= 4 is 81.2 Å². The zero-order valence-corrected chi connectivity index (χ0v) is 28.5. The Kier molecular flexibility index (Phi) is 11.3. The molecule has 10 nitrogen and oxygen atoms in total. The Bertz CT molecular complexity index is 2020. The first-order valence-corrected chi connectivity index (χ1v) is 16.6. The van der Waals surface area contributed by atoms with Crippen molar-refractivity contribution in [3.63, 3.8) is 0 Å². The number of carbonyl (C=O) groups excluding carboxylic acids is 3. The van der Waals surface area contributed by atoms with Crippen molar-refractivity contribution in [2.45, 2.75) is 18.6 Å². The molecule has 0 saturated carbocycles. The molecule has 0 saturated heterocycles. The van der Waals surface area contributed by atoms with Gasteiger partial charge in [0.25, 0.3) is 5.91 Å². The molecule has 0 spiro atoms. The minimum atomic E-state index is -0.481. The second-order valence-electron chi connectivity index (χ2n) is 10.4. The molecule has 244 valence electrons. The smallest absolute Gasteiger partial charge is 0.259 e. The number of hydrogen-bond donors (Lipinski definition) is 2. The number of benzene rings is 2. The van der Waals surface area contributed by atoms with Crippen LogP contribution in [0.2, 0.25) is 10.0 Å². The number of nitrogens with zero attached hydrogens (tertiary/aromatic N) is 4. The van der Waals surface area contributed by atoms with E-state index in [4.69, 9.17) is 27.9 Å². The lowest BCUT2D eigenvalue weighted by Gasteiger charge is -2.21. The van der Waals surface area contributed by atoms with Crippen LogP contribution in [0.5, 0.6) is 5.75 Å². The molecule has 0 fully saturated rings. The van der Waals surface area contributed by atoms with Gasteiger partial charge in [0, 0.05) is 47.2 Å². The summed E-state index contributed by atoms with van der Waals surface area (Å²) in [5, 5.41) is 7.51. The summed E-state index contributed by atoms with van der Waals surface area (Å²) in [7, 11) is 1.56. The molecule has 0 radical (unpaired) electrons. The summed E-state index contributed by atoms with van der Waals surface area (Å²) < 4.78 is 6.08. The average molecular weight is 702 g/mol. The van der Waals surface area contributed by atoms with Gasteiger partial charge in [0.15, 0.2) is 0 Å². The van der Waals surface area contributed by atoms with Gasteiger partial charge in [-0.2, -0.15) is 0 Å². The molecular weight excluding hydrogens is 671 g/mol. The van der Waals surface area contributed by atoms with E-state index in [1.165, 1.54) is 28.9 Å².